The standard InChI is InChI=1S/C30H22Br2N2.C12H8Br2NP.C6H7N/c31-27-22-30(34(25-17-9-3-10-18-25)26-19-11-4-12-20-26)28(32)21-29(27)33(23-13-5-1-6-14-23)24-15-7-2-8-16-24;13-9-6-7-10(14)12(15-16)11(9)8-4-2-1-3-5-8;7-6-4-2-1-3-5-6/h1-22H;1-7,16H;1-5H,7H2. The number of nitrogens with zero attached hydrogens (tertiary/aromatic N) is 3. The van der Waals surface area contributed by atoms with Gasteiger partial charge in [-0.15, -0.1) is 0 Å². The molecular formula is C48H37Br4N4P. The molecule has 0 aliphatic rings. The maximum absolute atomic E-state index is 5.36. The molecular weight excluding hydrogens is 983 g/mol. The average Bonchev–Trinajstić information content (AvgIpc) is 3.26. The van der Waals surface area contributed by atoms with Crippen molar-refractivity contribution in [1.82, 2.24) is 0 Å². The van der Waals surface area contributed by atoms with Gasteiger partial charge in [0.2, 0.25) is 0 Å². The molecule has 0 saturated carbocycles. The normalized spacial score (nSPS) is 10.2. The van der Waals surface area contributed by atoms with Crippen LogP contribution in [0.3, 0.4) is 0 Å². The zero-order valence-corrected chi connectivity index (χ0v) is 37.9. The van der Waals surface area contributed by atoms with Gasteiger partial charge in [-0.2, -0.15) is 0 Å². The molecule has 0 saturated heterocycles. The molecule has 4 nitrogen and oxygen atoms in total. The summed E-state index contributed by atoms with van der Waals surface area (Å²) >= 11 is 14.9. The fourth-order valence-electron chi connectivity index (χ4n) is 6.01. The molecule has 0 amide bonds. The van der Waals surface area contributed by atoms with Crippen molar-refractivity contribution in [2.45, 2.75) is 0 Å². The Labute approximate surface area is 370 Å². The van der Waals surface area contributed by atoms with Crippen molar-refractivity contribution >= 4 is 118 Å². The molecule has 0 radical (unpaired) electrons. The molecule has 2 N–H and O–H groups in total. The first-order valence-corrected chi connectivity index (χ1v) is 21.5. The molecule has 8 rings (SSSR count). The number of hydrogen-bond acceptors (Lipinski definition) is 4. The Balaban J connectivity index is 0.000000195. The fourth-order valence-corrected chi connectivity index (χ4v) is 8.40. The lowest BCUT2D eigenvalue weighted by molar-refractivity contribution is 1.24. The number of hydrogen-bond donors (Lipinski definition) is 1. The first-order chi connectivity index (χ1) is 27.9. The van der Waals surface area contributed by atoms with Crippen molar-refractivity contribution in [3.05, 3.63) is 224 Å². The number of benzene rings is 8. The summed E-state index contributed by atoms with van der Waals surface area (Å²) in [6, 6.07) is 69.7. The highest BCUT2D eigenvalue weighted by Crippen LogP contribution is 2.47. The van der Waals surface area contributed by atoms with Crippen molar-refractivity contribution in [3.63, 3.8) is 0 Å². The Kier molecular flexibility index (Phi) is 15.5. The largest absolute Gasteiger partial charge is 0.399 e. The molecule has 9 heteroatoms. The predicted molar refractivity (Wildman–Crippen MR) is 260 cm³/mol. The van der Waals surface area contributed by atoms with Crippen LogP contribution >= 0.6 is 72.8 Å². The van der Waals surface area contributed by atoms with E-state index < -0.39 is 0 Å². The number of nitrogens with two attached hydrogens (primary N) is 1. The Morgan fingerprint density at radius 1 is 0.386 bits per heavy atom. The minimum absolute atomic E-state index is 0.822. The summed E-state index contributed by atoms with van der Waals surface area (Å²) in [5.41, 5.74) is 15.8. The summed E-state index contributed by atoms with van der Waals surface area (Å²) in [7, 11) is 3.22. The summed E-state index contributed by atoms with van der Waals surface area (Å²) in [5.74, 6) is 0. The highest BCUT2D eigenvalue weighted by molar-refractivity contribution is 9.11. The second kappa shape index (κ2) is 21.1. The van der Waals surface area contributed by atoms with Gasteiger partial charge in [0.25, 0.3) is 0 Å². The number of rotatable bonds is 8. The molecule has 0 aromatic heterocycles. The SMILES string of the molecule is Brc1cc(N(c2ccccc2)c2ccccc2)c(Br)cc1N(c1ccccc1)c1ccccc1.Nc1ccccc1.P=Nc1c(Br)ccc(Br)c1-c1ccccc1. The summed E-state index contributed by atoms with van der Waals surface area (Å²) in [5, 5.41) is 0. The van der Waals surface area contributed by atoms with Gasteiger partial charge in [-0.3, -0.25) is 0 Å². The van der Waals surface area contributed by atoms with Crippen LogP contribution in [0, 0.1) is 0 Å². The molecule has 0 bridgehead atoms. The molecule has 0 unspecified atom stereocenters. The van der Waals surface area contributed by atoms with Crippen LogP contribution in [0.15, 0.2) is 229 Å². The van der Waals surface area contributed by atoms with E-state index in [1.807, 2.05) is 84.9 Å². The Morgan fingerprint density at radius 2 is 0.702 bits per heavy atom. The first kappa shape index (κ1) is 41.8. The van der Waals surface area contributed by atoms with Crippen LogP contribution < -0.4 is 15.5 Å². The molecule has 0 aliphatic heterocycles. The summed E-state index contributed by atoms with van der Waals surface area (Å²) < 4.78 is 8.12. The monoisotopic (exact) mass is 1020 g/mol. The molecule has 8 aromatic carbocycles. The van der Waals surface area contributed by atoms with E-state index in [1.165, 1.54) is 0 Å². The highest BCUT2D eigenvalue weighted by Gasteiger charge is 2.21. The van der Waals surface area contributed by atoms with Gasteiger partial charge in [0.05, 0.1) is 17.1 Å². The number of para-hydroxylation sites is 5. The van der Waals surface area contributed by atoms with Crippen molar-refractivity contribution in [1.29, 1.82) is 0 Å². The lowest BCUT2D eigenvalue weighted by Crippen LogP contribution is -2.13. The first-order valence-electron chi connectivity index (χ1n) is 17.9. The van der Waals surface area contributed by atoms with E-state index in [2.05, 4.69) is 209 Å². The van der Waals surface area contributed by atoms with Gasteiger partial charge >= 0.3 is 0 Å². The molecule has 0 spiro atoms. The maximum Gasteiger partial charge on any atom is 0.0903 e. The lowest BCUT2D eigenvalue weighted by Gasteiger charge is -2.30. The zero-order valence-electron chi connectivity index (χ0n) is 30.6. The van der Waals surface area contributed by atoms with Gasteiger partial charge in [0.1, 0.15) is 0 Å². The Morgan fingerprint density at radius 3 is 1.02 bits per heavy atom. The van der Waals surface area contributed by atoms with E-state index in [0.29, 0.717) is 0 Å². The van der Waals surface area contributed by atoms with Crippen LogP contribution in [0.4, 0.5) is 45.5 Å². The van der Waals surface area contributed by atoms with Crippen molar-refractivity contribution in [3.8, 4) is 11.1 Å². The van der Waals surface area contributed by atoms with Gasteiger partial charge in [-0.25, -0.2) is 4.74 Å². The van der Waals surface area contributed by atoms with Crippen LogP contribution in [0.2, 0.25) is 0 Å². The van der Waals surface area contributed by atoms with E-state index >= 15 is 0 Å². The third-order valence-electron chi connectivity index (χ3n) is 8.61. The lowest BCUT2D eigenvalue weighted by atomic mass is 10.0. The van der Waals surface area contributed by atoms with E-state index in [1.54, 1.807) is 0 Å². The zero-order chi connectivity index (χ0) is 40.0. The summed E-state index contributed by atoms with van der Waals surface area (Å²) in [6.45, 7) is 0. The number of nitrogen functional groups attached to an aromatic ring is 1. The Bertz CT molecular complexity index is 2290. The van der Waals surface area contributed by atoms with Crippen LogP contribution in [-0.2, 0) is 0 Å². The molecule has 8 aromatic rings. The summed E-state index contributed by atoms with van der Waals surface area (Å²) in [4.78, 5) is 4.52. The van der Waals surface area contributed by atoms with Gasteiger partial charge in [0.15, 0.2) is 0 Å². The van der Waals surface area contributed by atoms with Crippen LogP contribution in [0.1, 0.15) is 0 Å². The molecule has 0 fully saturated rings. The maximum atomic E-state index is 5.36. The third kappa shape index (κ3) is 11.0. The van der Waals surface area contributed by atoms with Crippen molar-refractivity contribution in [2.24, 2.45) is 4.74 Å². The van der Waals surface area contributed by atoms with Crippen LogP contribution in [0.25, 0.3) is 11.1 Å². The van der Waals surface area contributed by atoms with E-state index in [0.717, 1.165) is 74.5 Å². The molecule has 0 atom stereocenters. The molecule has 282 valence electrons. The van der Waals surface area contributed by atoms with Crippen LogP contribution in [0.5, 0.6) is 0 Å². The molecule has 0 heterocycles. The molecule has 57 heavy (non-hydrogen) atoms. The minimum Gasteiger partial charge on any atom is -0.399 e. The van der Waals surface area contributed by atoms with Gasteiger partial charge in [-0.05, 0) is 147 Å². The number of anilines is 7. The predicted octanol–water partition coefficient (Wildman–Crippen LogP) is 17.3. The van der Waals surface area contributed by atoms with Crippen molar-refractivity contribution < 1.29 is 0 Å². The van der Waals surface area contributed by atoms with Gasteiger partial charge in [-0.1, -0.05) is 137 Å². The van der Waals surface area contributed by atoms with E-state index in [9.17, 15) is 0 Å². The second-order valence-electron chi connectivity index (χ2n) is 12.4. The smallest absolute Gasteiger partial charge is 0.0903 e. The quantitative estimate of drug-likeness (QED) is 0.122. The molecule has 0 aliphatic carbocycles. The van der Waals surface area contributed by atoms with E-state index in [-0.39, 0.29) is 0 Å². The minimum atomic E-state index is 0.822. The van der Waals surface area contributed by atoms with Gasteiger partial charge < -0.3 is 15.5 Å². The number of halogens is 4. The average molecular weight is 1020 g/mol. The van der Waals surface area contributed by atoms with E-state index in [4.69, 9.17) is 5.73 Å². The van der Waals surface area contributed by atoms with Gasteiger partial charge in [0, 0.05) is 51.9 Å². The topological polar surface area (TPSA) is 44.9 Å². The summed E-state index contributed by atoms with van der Waals surface area (Å²) in [6.07, 6.45) is 0. The Hall–Kier alpha value is -4.82. The fraction of sp³-hybridized carbons (Fsp3) is 0. The van der Waals surface area contributed by atoms with Crippen LogP contribution in [-0.4, -0.2) is 0 Å². The third-order valence-corrected chi connectivity index (χ3v) is 11.4. The second-order valence-corrected chi connectivity index (χ2v) is 16.1. The highest BCUT2D eigenvalue weighted by atomic mass is 79.9. The van der Waals surface area contributed by atoms with Crippen molar-refractivity contribution in [2.75, 3.05) is 15.5 Å².